The topological polar surface area (TPSA) is 84.6 Å². The van der Waals surface area contributed by atoms with E-state index >= 15 is 0 Å². The molecule has 0 spiro atoms. The zero-order valence-corrected chi connectivity index (χ0v) is 11.8. The fourth-order valence-electron chi connectivity index (χ4n) is 2.58. The predicted molar refractivity (Wildman–Crippen MR) is 76.6 cm³/mol. The minimum atomic E-state index is -0.959. The fourth-order valence-corrected chi connectivity index (χ4v) is 2.58. The molecule has 0 amide bonds. The molecule has 1 aliphatic rings. The molecule has 2 N–H and O–H groups in total. The van der Waals surface area contributed by atoms with Crippen LogP contribution < -0.4 is 0 Å². The molecule has 112 valence electrons. The van der Waals surface area contributed by atoms with E-state index < -0.39 is 12.1 Å². The summed E-state index contributed by atoms with van der Waals surface area (Å²) in [6, 6.07) is 4.92. The Morgan fingerprint density at radius 2 is 2.29 bits per heavy atom. The van der Waals surface area contributed by atoms with Crippen LogP contribution in [0.15, 0.2) is 18.2 Å². The van der Waals surface area contributed by atoms with E-state index in [1.165, 1.54) is 0 Å². The Hall–Kier alpha value is -1.92. The molecule has 0 saturated heterocycles. The normalized spacial score (nSPS) is 16.3. The van der Waals surface area contributed by atoms with Crippen LogP contribution in [0.3, 0.4) is 0 Å². The van der Waals surface area contributed by atoms with Gasteiger partial charge in [-0.3, -0.25) is 0 Å². The van der Waals surface area contributed by atoms with Crippen LogP contribution in [0.1, 0.15) is 34.9 Å². The predicted octanol–water partition coefficient (Wildman–Crippen LogP) is 1.62. The molecule has 2 aromatic rings. The van der Waals surface area contributed by atoms with Crippen molar-refractivity contribution >= 4 is 17.0 Å². The van der Waals surface area contributed by atoms with Crippen molar-refractivity contribution in [2.75, 3.05) is 13.7 Å². The molecule has 6 heteroatoms. The standard InChI is InChI=1S/C15H18N2O4/c1-21-8-11(18)7-17-13-5-4-10(15(19)20)6-12(13)16-14(17)9-2-3-9/h4-6,9,11,18H,2-3,7-8H2,1H3,(H,19,20). The molecule has 0 radical (unpaired) electrons. The van der Waals surface area contributed by atoms with E-state index in [2.05, 4.69) is 4.98 Å². The van der Waals surface area contributed by atoms with Crippen molar-refractivity contribution in [3.05, 3.63) is 29.6 Å². The molecular formula is C15H18N2O4. The largest absolute Gasteiger partial charge is 0.478 e. The highest BCUT2D eigenvalue weighted by Gasteiger charge is 2.30. The molecule has 1 fully saturated rings. The van der Waals surface area contributed by atoms with Gasteiger partial charge in [-0.05, 0) is 31.0 Å². The molecule has 6 nitrogen and oxygen atoms in total. The number of aliphatic hydroxyl groups excluding tert-OH is 1. The maximum atomic E-state index is 11.1. The number of carbonyl (C=O) groups is 1. The van der Waals surface area contributed by atoms with Gasteiger partial charge in [0.25, 0.3) is 0 Å². The molecule has 3 rings (SSSR count). The monoisotopic (exact) mass is 290 g/mol. The lowest BCUT2D eigenvalue weighted by molar-refractivity contribution is 0.0538. The van der Waals surface area contributed by atoms with Gasteiger partial charge in [-0.25, -0.2) is 9.78 Å². The molecule has 21 heavy (non-hydrogen) atoms. The number of imidazole rings is 1. The second-order valence-electron chi connectivity index (χ2n) is 5.47. The first-order valence-electron chi connectivity index (χ1n) is 7.00. The van der Waals surface area contributed by atoms with Crippen molar-refractivity contribution in [3.63, 3.8) is 0 Å². The van der Waals surface area contributed by atoms with Gasteiger partial charge >= 0.3 is 5.97 Å². The smallest absolute Gasteiger partial charge is 0.335 e. The number of ether oxygens (including phenoxy) is 1. The molecule has 1 aromatic carbocycles. The summed E-state index contributed by atoms with van der Waals surface area (Å²) in [5.74, 6) is 0.391. The van der Waals surface area contributed by atoms with E-state index in [1.54, 1.807) is 25.3 Å². The first-order valence-corrected chi connectivity index (χ1v) is 7.00. The van der Waals surface area contributed by atoms with E-state index in [9.17, 15) is 9.90 Å². The van der Waals surface area contributed by atoms with Gasteiger partial charge in [-0.15, -0.1) is 0 Å². The van der Waals surface area contributed by atoms with Crippen LogP contribution in [-0.2, 0) is 11.3 Å². The number of aromatic nitrogens is 2. The number of rotatable bonds is 6. The van der Waals surface area contributed by atoms with Gasteiger partial charge in [0.2, 0.25) is 0 Å². The van der Waals surface area contributed by atoms with E-state index in [0.29, 0.717) is 18.0 Å². The Morgan fingerprint density at radius 3 is 2.90 bits per heavy atom. The summed E-state index contributed by atoms with van der Waals surface area (Å²) in [7, 11) is 1.55. The van der Waals surface area contributed by atoms with E-state index in [0.717, 1.165) is 24.2 Å². The highest BCUT2D eigenvalue weighted by molar-refractivity contribution is 5.92. The molecular weight excluding hydrogens is 272 g/mol. The van der Waals surface area contributed by atoms with E-state index in [1.807, 2.05) is 4.57 Å². The van der Waals surface area contributed by atoms with Crippen LogP contribution in [0.4, 0.5) is 0 Å². The highest BCUT2D eigenvalue weighted by Crippen LogP contribution is 2.40. The summed E-state index contributed by atoms with van der Waals surface area (Å²) in [4.78, 5) is 15.6. The first kappa shape index (κ1) is 14.0. The SMILES string of the molecule is COCC(O)Cn1c(C2CC2)nc2cc(C(=O)O)ccc21. The average molecular weight is 290 g/mol. The Labute approximate surface area is 122 Å². The zero-order valence-electron chi connectivity index (χ0n) is 11.8. The second kappa shape index (κ2) is 5.46. The van der Waals surface area contributed by atoms with Gasteiger partial charge in [0.15, 0.2) is 0 Å². The lowest BCUT2D eigenvalue weighted by Crippen LogP contribution is -2.22. The fraction of sp³-hybridized carbons (Fsp3) is 0.467. The summed E-state index contributed by atoms with van der Waals surface area (Å²) < 4.78 is 6.96. The number of methoxy groups -OCH3 is 1. The zero-order chi connectivity index (χ0) is 15.0. The lowest BCUT2D eigenvalue weighted by Gasteiger charge is -2.13. The van der Waals surface area contributed by atoms with Crippen LogP contribution in [-0.4, -0.2) is 45.6 Å². The Morgan fingerprint density at radius 1 is 1.52 bits per heavy atom. The second-order valence-corrected chi connectivity index (χ2v) is 5.47. The Bertz CT molecular complexity index is 676. The van der Waals surface area contributed by atoms with Crippen LogP contribution >= 0.6 is 0 Å². The van der Waals surface area contributed by atoms with Crippen LogP contribution in [0.2, 0.25) is 0 Å². The lowest BCUT2D eigenvalue weighted by atomic mass is 10.2. The number of hydrogen-bond acceptors (Lipinski definition) is 4. The van der Waals surface area contributed by atoms with Gasteiger partial charge in [0, 0.05) is 13.0 Å². The van der Waals surface area contributed by atoms with Crippen molar-refractivity contribution in [1.29, 1.82) is 0 Å². The van der Waals surface area contributed by atoms with Gasteiger partial charge < -0.3 is 19.5 Å². The Kier molecular flexibility index (Phi) is 3.65. The quantitative estimate of drug-likeness (QED) is 0.844. The summed E-state index contributed by atoms with van der Waals surface area (Å²) in [5.41, 5.74) is 1.76. The molecule has 1 aliphatic carbocycles. The Balaban J connectivity index is 2.03. The molecule has 1 atom stereocenters. The van der Waals surface area contributed by atoms with Crippen molar-refractivity contribution in [2.45, 2.75) is 31.4 Å². The first-order chi connectivity index (χ1) is 10.1. The van der Waals surface area contributed by atoms with Crippen molar-refractivity contribution < 1.29 is 19.7 Å². The molecule has 1 unspecified atom stereocenters. The molecule has 1 heterocycles. The molecule has 1 saturated carbocycles. The maximum absolute atomic E-state index is 11.1. The molecule has 0 aliphatic heterocycles. The number of aliphatic hydroxyl groups is 1. The number of fused-ring (bicyclic) bond motifs is 1. The summed E-state index contributed by atoms with van der Waals surface area (Å²) >= 11 is 0. The minimum Gasteiger partial charge on any atom is -0.478 e. The number of aromatic carboxylic acids is 1. The van der Waals surface area contributed by atoms with Crippen molar-refractivity contribution in [1.82, 2.24) is 9.55 Å². The third kappa shape index (κ3) is 2.77. The van der Waals surface area contributed by atoms with Crippen molar-refractivity contribution in [3.8, 4) is 0 Å². The average Bonchev–Trinajstić information content (AvgIpc) is 3.22. The molecule has 1 aromatic heterocycles. The van der Waals surface area contributed by atoms with Crippen LogP contribution in [0.5, 0.6) is 0 Å². The van der Waals surface area contributed by atoms with Gasteiger partial charge in [0.1, 0.15) is 5.82 Å². The number of nitrogens with zero attached hydrogens (tertiary/aromatic N) is 2. The van der Waals surface area contributed by atoms with Crippen LogP contribution in [0.25, 0.3) is 11.0 Å². The maximum Gasteiger partial charge on any atom is 0.335 e. The minimum absolute atomic E-state index is 0.229. The van der Waals surface area contributed by atoms with E-state index in [-0.39, 0.29) is 12.2 Å². The third-order valence-electron chi connectivity index (χ3n) is 3.72. The summed E-state index contributed by atoms with van der Waals surface area (Å²) in [6.45, 7) is 0.666. The number of hydrogen-bond donors (Lipinski definition) is 2. The summed E-state index contributed by atoms with van der Waals surface area (Å²) in [5, 5.41) is 19.0. The van der Waals surface area contributed by atoms with Gasteiger partial charge in [-0.1, -0.05) is 0 Å². The van der Waals surface area contributed by atoms with Crippen LogP contribution in [0, 0.1) is 0 Å². The van der Waals surface area contributed by atoms with Crippen molar-refractivity contribution in [2.24, 2.45) is 0 Å². The number of carboxylic acid groups (broad SMARTS) is 1. The third-order valence-corrected chi connectivity index (χ3v) is 3.72. The van der Waals surface area contributed by atoms with Gasteiger partial charge in [0.05, 0.1) is 35.9 Å². The van der Waals surface area contributed by atoms with Gasteiger partial charge in [-0.2, -0.15) is 0 Å². The highest BCUT2D eigenvalue weighted by atomic mass is 16.5. The van der Waals surface area contributed by atoms with E-state index in [4.69, 9.17) is 9.84 Å². The number of carboxylic acids is 1. The molecule has 0 bridgehead atoms. The number of benzene rings is 1. The summed E-state index contributed by atoms with van der Waals surface area (Å²) in [6.07, 6.45) is 1.58.